The highest BCUT2D eigenvalue weighted by Crippen LogP contribution is 2.25. The summed E-state index contributed by atoms with van der Waals surface area (Å²) in [4.78, 5) is 0. The van der Waals surface area contributed by atoms with Gasteiger partial charge in [-0.1, -0.05) is 22.0 Å². The van der Waals surface area contributed by atoms with Crippen LogP contribution in [-0.2, 0) is 6.54 Å². The first-order valence-corrected chi connectivity index (χ1v) is 6.40. The topological polar surface area (TPSA) is 35.2 Å². The van der Waals surface area contributed by atoms with E-state index in [1.165, 1.54) is 12.8 Å². The Morgan fingerprint density at radius 3 is 3.00 bits per heavy atom. The third-order valence-corrected chi connectivity index (χ3v) is 3.22. The lowest BCUT2D eigenvalue weighted by molar-refractivity contribution is 0.227. The van der Waals surface area contributed by atoms with Crippen LogP contribution < -0.4 is 10.5 Å². The van der Waals surface area contributed by atoms with E-state index in [9.17, 15) is 0 Å². The van der Waals surface area contributed by atoms with Gasteiger partial charge in [0.15, 0.2) is 0 Å². The predicted molar refractivity (Wildman–Crippen MR) is 69.4 cm³/mol. The molecule has 1 unspecified atom stereocenters. The van der Waals surface area contributed by atoms with Crippen LogP contribution >= 0.6 is 15.9 Å². The molecule has 16 heavy (non-hydrogen) atoms. The van der Waals surface area contributed by atoms with Crippen LogP contribution in [0.3, 0.4) is 0 Å². The number of allylic oxidation sites excluding steroid dienone is 1. The highest BCUT2D eigenvalue weighted by molar-refractivity contribution is 9.10. The van der Waals surface area contributed by atoms with E-state index in [1.807, 2.05) is 18.2 Å². The molecule has 1 aromatic rings. The van der Waals surface area contributed by atoms with Gasteiger partial charge in [-0.3, -0.25) is 0 Å². The molecule has 0 radical (unpaired) electrons. The van der Waals surface area contributed by atoms with Crippen LogP contribution in [0.2, 0.25) is 0 Å². The first-order valence-electron chi connectivity index (χ1n) is 5.61. The van der Waals surface area contributed by atoms with Crippen molar-refractivity contribution >= 4 is 15.9 Å². The molecule has 1 aromatic carbocycles. The van der Waals surface area contributed by atoms with Gasteiger partial charge in [-0.05, 0) is 43.5 Å². The molecule has 86 valence electrons. The fourth-order valence-electron chi connectivity index (χ4n) is 1.86. The summed E-state index contributed by atoms with van der Waals surface area (Å²) in [6.45, 7) is 0.505. The molecule has 0 amide bonds. The Morgan fingerprint density at radius 1 is 1.44 bits per heavy atom. The molecule has 1 aliphatic rings. The van der Waals surface area contributed by atoms with Crippen LogP contribution in [0.25, 0.3) is 0 Å². The zero-order valence-corrected chi connectivity index (χ0v) is 10.7. The average Bonchev–Trinajstić information content (AvgIpc) is 2.33. The lowest BCUT2D eigenvalue weighted by Crippen LogP contribution is -2.17. The molecule has 0 aliphatic heterocycles. The van der Waals surface area contributed by atoms with Crippen molar-refractivity contribution in [2.45, 2.75) is 31.9 Å². The minimum absolute atomic E-state index is 0.209. The maximum absolute atomic E-state index is 5.94. The zero-order valence-electron chi connectivity index (χ0n) is 9.16. The predicted octanol–water partition coefficient (Wildman–Crippen LogP) is 3.40. The Bertz CT molecular complexity index is 390. The van der Waals surface area contributed by atoms with Gasteiger partial charge in [-0.25, -0.2) is 0 Å². The Labute approximate surface area is 105 Å². The fourth-order valence-corrected chi connectivity index (χ4v) is 2.27. The van der Waals surface area contributed by atoms with E-state index in [0.29, 0.717) is 6.54 Å². The number of halogens is 1. The van der Waals surface area contributed by atoms with Crippen molar-refractivity contribution in [1.29, 1.82) is 0 Å². The van der Waals surface area contributed by atoms with Gasteiger partial charge < -0.3 is 10.5 Å². The van der Waals surface area contributed by atoms with E-state index in [0.717, 1.165) is 22.2 Å². The molecule has 3 heteroatoms. The fraction of sp³-hybridized carbons (Fsp3) is 0.385. The summed E-state index contributed by atoms with van der Waals surface area (Å²) in [5.74, 6) is 0.905. The quantitative estimate of drug-likeness (QED) is 0.862. The first kappa shape index (κ1) is 11.7. The third kappa shape index (κ3) is 2.86. The summed E-state index contributed by atoms with van der Waals surface area (Å²) >= 11 is 3.44. The molecule has 2 N–H and O–H groups in total. The molecule has 2 rings (SSSR count). The highest BCUT2D eigenvalue weighted by Gasteiger charge is 2.12. The molecule has 0 bridgehead atoms. The average molecular weight is 282 g/mol. The van der Waals surface area contributed by atoms with Crippen LogP contribution in [0.1, 0.15) is 24.8 Å². The van der Waals surface area contributed by atoms with Crippen molar-refractivity contribution in [3.63, 3.8) is 0 Å². The summed E-state index contributed by atoms with van der Waals surface area (Å²) in [7, 11) is 0. The summed E-state index contributed by atoms with van der Waals surface area (Å²) in [6.07, 6.45) is 8.01. The maximum atomic E-state index is 5.94. The van der Waals surface area contributed by atoms with Gasteiger partial charge >= 0.3 is 0 Å². The second kappa shape index (κ2) is 5.51. The van der Waals surface area contributed by atoms with Gasteiger partial charge in [0.05, 0.1) is 0 Å². The van der Waals surface area contributed by atoms with Crippen molar-refractivity contribution in [3.8, 4) is 5.75 Å². The normalized spacial score (nSPS) is 19.8. The minimum Gasteiger partial charge on any atom is -0.486 e. The second-order valence-electron chi connectivity index (χ2n) is 3.97. The molecule has 0 saturated heterocycles. The SMILES string of the molecule is NCc1cc(Br)ccc1OC1C=CCCC1. The molecule has 1 atom stereocenters. The molecule has 0 fully saturated rings. The summed E-state index contributed by atoms with van der Waals surface area (Å²) in [5, 5.41) is 0. The van der Waals surface area contributed by atoms with E-state index >= 15 is 0 Å². The standard InChI is InChI=1S/C13H16BrNO/c14-11-6-7-13(10(8-11)9-15)16-12-4-2-1-3-5-12/h2,4,6-8,12H,1,3,5,9,15H2. The Morgan fingerprint density at radius 2 is 2.31 bits per heavy atom. The van der Waals surface area contributed by atoms with Crippen molar-refractivity contribution in [3.05, 3.63) is 40.4 Å². The summed E-state index contributed by atoms with van der Waals surface area (Å²) < 4.78 is 6.99. The van der Waals surface area contributed by atoms with Crippen molar-refractivity contribution in [2.75, 3.05) is 0 Å². The molecule has 2 nitrogen and oxygen atoms in total. The summed E-state index contributed by atoms with van der Waals surface area (Å²) in [6, 6.07) is 5.98. The second-order valence-corrected chi connectivity index (χ2v) is 4.89. The monoisotopic (exact) mass is 281 g/mol. The van der Waals surface area contributed by atoms with Crippen LogP contribution in [0.15, 0.2) is 34.8 Å². The van der Waals surface area contributed by atoms with Crippen LogP contribution in [0.5, 0.6) is 5.75 Å². The van der Waals surface area contributed by atoms with Gasteiger partial charge in [-0.2, -0.15) is 0 Å². The highest BCUT2D eigenvalue weighted by atomic mass is 79.9. The number of hydrogen-bond acceptors (Lipinski definition) is 2. The van der Waals surface area contributed by atoms with Gasteiger partial charge in [0, 0.05) is 16.6 Å². The Kier molecular flexibility index (Phi) is 4.02. The largest absolute Gasteiger partial charge is 0.486 e. The van der Waals surface area contributed by atoms with Gasteiger partial charge in [0.25, 0.3) is 0 Å². The number of rotatable bonds is 3. The molecular weight excluding hydrogens is 266 g/mol. The van der Waals surface area contributed by atoms with Crippen molar-refractivity contribution < 1.29 is 4.74 Å². The third-order valence-electron chi connectivity index (χ3n) is 2.73. The van der Waals surface area contributed by atoms with E-state index in [-0.39, 0.29) is 6.10 Å². The summed E-state index contributed by atoms with van der Waals surface area (Å²) in [5.41, 5.74) is 6.76. The number of nitrogens with two attached hydrogens (primary N) is 1. The molecular formula is C13H16BrNO. The Balaban J connectivity index is 2.13. The van der Waals surface area contributed by atoms with Crippen LogP contribution in [-0.4, -0.2) is 6.10 Å². The van der Waals surface area contributed by atoms with E-state index in [1.54, 1.807) is 0 Å². The molecule has 0 heterocycles. The van der Waals surface area contributed by atoms with Crippen molar-refractivity contribution in [1.82, 2.24) is 0 Å². The van der Waals surface area contributed by atoms with E-state index < -0.39 is 0 Å². The van der Waals surface area contributed by atoms with E-state index in [4.69, 9.17) is 10.5 Å². The molecule has 0 saturated carbocycles. The molecule has 1 aliphatic carbocycles. The maximum Gasteiger partial charge on any atom is 0.124 e. The zero-order chi connectivity index (χ0) is 11.4. The molecule has 0 spiro atoms. The number of ether oxygens (including phenoxy) is 1. The minimum atomic E-state index is 0.209. The van der Waals surface area contributed by atoms with Gasteiger partial charge in [-0.15, -0.1) is 0 Å². The van der Waals surface area contributed by atoms with E-state index in [2.05, 4.69) is 28.1 Å². The van der Waals surface area contributed by atoms with Crippen LogP contribution in [0, 0.1) is 0 Å². The van der Waals surface area contributed by atoms with Crippen molar-refractivity contribution in [2.24, 2.45) is 5.73 Å². The number of hydrogen-bond donors (Lipinski definition) is 1. The van der Waals surface area contributed by atoms with Gasteiger partial charge in [0.1, 0.15) is 11.9 Å². The first-order chi connectivity index (χ1) is 7.79. The van der Waals surface area contributed by atoms with Crippen LogP contribution in [0.4, 0.5) is 0 Å². The number of benzene rings is 1. The smallest absolute Gasteiger partial charge is 0.124 e. The lowest BCUT2D eigenvalue weighted by Gasteiger charge is -2.20. The Hall–Kier alpha value is -0.800. The van der Waals surface area contributed by atoms with Gasteiger partial charge in [0.2, 0.25) is 0 Å². The lowest BCUT2D eigenvalue weighted by atomic mass is 10.1. The molecule has 0 aromatic heterocycles.